The number of amides is 1. The molecule has 0 aromatic heterocycles. The maximum atomic E-state index is 14.4. The molecule has 0 bridgehead atoms. The molecule has 1 N–H and O–H groups in total. The van der Waals surface area contributed by atoms with Gasteiger partial charge in [0.1, 0.15) is 23.0 Å². The molecule has 2 saturated carbocycles. The van der Waals surface area contributed by atoms with E-state index in [0.29, 0.717) is 25.1 Å². The van der Waals surface area contributed by atoms with Gasteiger partial charge in [0.15, 0.2) is 5.78 Å². The lowest BCUT2D eigenvalue weighted by molar-refractivity contribution is -0.122. The molecule has 236 valence electrons. The van der Waals surface area contributed by atoms with Crippen LogP contribution in [-0.2, 0) is 25.2 Å². The van der Waals surface area contributed by atoms with E-state index in [1.807, 2.05) is 6.07 Å². The Morgan fingerprint density at radius 1 is 0.884 bits per heavy atom. The first-order chi connectivity index (χ1) is 19.1. The van der Waals surface area contributed by atoms with Crippen LogP contribution in [0.15, 0.2) is 45.3 Å². The van der Waals surface area contributed by atoms with E-state index >= 15 is 0 Å². The van der Waals surface area contributed by atoms with E-state index in [2.05, 4.69) is 37.2 Å². The maximum Gasteiger partial charge on any atom is 0.410 e. The van der Waals surface area contributed by atoms with Crippen molar-refractivity contribution in [2.75, 3.05) is 13.1 Å². The number of hydrogen-bond donors (Lipinski definition) is 1. The highest BCUT2D eigenvalue weighted by Crippen LogP contribution is 2.63. The molecule has 2 heterocycles. The first-order valence-corrected chi connectivity index (χ1v) is 15.3. The van der Waals surface area contributed by atoms with Crippen LogP contribution < -0.4 is 5.32 Å². The molecule has 2 aliphatic carbocycles. The smallest absolute Gasteiger partial charge is 0.410 e. The lowest BCUT2D eigenvalue weighted by Crippen LogP contribution is -2.45. The fraction of sp³-hybridized carbons (Fsp3) is 0.516. The zero-order valence-corrected chi connectivity index (χ0v) is 29.3. The highest BCUT2D eigenvalue weighted by Gasteiger charge is 2.69. The predicted octanol–water partition coefficient (Wildman–Crippen LogP) is 7.30. The molecule has 6 nitrogen and oxygen atoms in total. The van der Waals surface area contributed by atoms with Crippen LogP contribution in [-0.4, -0.2) is 53.3 Å². The molecule has 4 fully saturated rings. The third-order valence-electron chi connectivity index (χ3n) is 8.89. The molecule has 6 rings (SSSR count). The number of rotatable bonds is 4. The summed E-state index contributed by atoms with van der Waals surface area (Å²) in [6.45, 7) is 9.45. The topological polar surface area (TPSA) is 75.7 Å². The molecule has 12 heteroatoms. The molecular formula is C31H36Br2Cl2F2N2O4. The second kappa shape index (κ2) is 12.7. The molecule has 2 aromatic carbocycles. The van der Waals surface area contributed by atoms with Gasteiger partial charge < -0.3 is 10.1 Å². The Bertz CT molecular complexity index is 1440. The van der Waals surface area contributed by atoms with Crippen molar-refractivity contribution < 1.29 is 27.9 Å². The van der Waals surface area contributed by atoms with Gasteiger partial charge in [-0.3, -0.25) is 14.5 Å². The number of benzene rings is 2. The number of ketones is 2. The van der Waals surface area contributed by atoms with Crippen molar-refractivity contribution in [2.24, 2.45) is 11.8 Å². The number of carbonyl (C=O) groups excluding carboxylic acids is 3. The zero-order valence-electron chi connectivity index (χ0n) is 24.5. The second-order valence-corrected chi connectivity index (χ2v) is 14.6. The Labute approximate surface area is 280 Å². The van der Waals surface area contributed by atoms with Gasteiger partial charge in [-0.1, -0.05) is 31.9 Å². The van der Waals surface area contributed by atoms with Gasteiger partial charge in [0.2, 0.25) is 0 Å². The number of carbonyl (C=O) groups is 3. The Morgan fingerprint density at radius 3 is 1.84 bits per heavy atom. The molecule has 43 heavy (non-hydrogen) atoms. The minimum atomic E-state index is -0.639. The van der Waals surface area contributed by atoms with Gasteiger partial charge in [0, 0.05) is 32.9 Å². The van der Waals surface area contributed by atoms with Crippen molar-refractivity contribution in [3.63, 3.8) is 0 Å². The number of fused-ring (bicyclic) bond motifs is 2. The molecule has 2 saturated heterocycles. The summed E-state index contributed by atoms with van der Waals surface area (Å²) in [5.41, 5.74) is 0.0392. The molecular weight excluding hydrogens is 733 g/mol. The third kappa shape index (κ3) is 6.69. The summed E-state index contributed by atoms with van der Waals surface area (Å²) in [6.07, 6.45) is 1.12. The largest absolute Gasteiger partial charge is 0.444 e. The number of hydrogen-bond acceptors (Lipinski definition) is 5. The van der Waals surface area contributed by atoms with Gasteiger partial charge >= 0.3 is 6.09 Å². The Balaban J connectivity index is 0.000000236. The van der Waals surface area contributed by atoms with Crippen LogP contribution in [0.1, 0.15) is 58.6 Å². The predicted molar refractivity (Wildman–Crippen MR) is 172 cm³/mol. The van der Waals surface area contributed by atoms with Gasteiger partial charge in [0.25, 0.3) is 0 Å². The van der Waals surface area contributed by atoms with Crippen LogP contribution in [0.2, 0.25) is 0 Å². The Kier molecular flexibility index (Phi) is 10.6. The minimum absolute atomic E-state index is 0. The van der Waals surface area contributed by atoms with E-state index in [9.17, 15) is 23.2 Å². The molecule has 1 amide bonds. The molecule has 0 radical (unpaired) electrons. The first-order valence-electron chi connectivity index (χ1n) is 13.7. The quantitative estimate of drug-likeness (QED) is 0.354. The van der Waals surface area contributed by atoms with Crippen molar-refractivity contribution in [3.8, 4) is 0 Å². The molecule has 2 aromatic rings. The van der Waals surface area contributed by atoms with Gasteiger partial charge in [0.05, 0.1) is 12.1 Å². The van der Waals surface area contributed by atoms with Gasteiger partial charge in [-0.25, -0.2) is 13.6 Å². The average molecular weight is 769 g/mol. The third-order valence-corrected chi connectivity index (χ3v) is 9.88. The molecule has 4 aliphatic rings. The van der Waals surface area contributed by atoms with Crippen LogP contribution in [0.25, 0.3) is 0 Å². The molecule has 0 spiro atoms. The summed E-state index contributed by atoms with van der Waals surface area (Å²) >= 11 is 6.75. The SMILES string of the molecule is CC(=O)C1NC[C@@]2(c3cc(Br)ccc3F)C[C@@H]12.CC(=O)C1[C@@H]2C[C@]2(c2cc(Br)ccc2F)CN1C(=O)OC(C)(C)C.Cl.Cl. The molecule has 6 atom stereocenters. The summed E-state index contributed by atoms with van der Waals surface area (Å²) in [4.78, 5) is 37.6. The van der Waals surface area contributed by atoms with Crippen LogP contribution in [0.3, 0.4) is 0 Å². The number of piperidine rings is 2. The minimum Gasteiger partial charge on any atom is -0.444 e. The summed E-state index contributed by atoms with van der Waals surface area (Å²) in [7, 11) is 0. The fourth-order valence-corrected chi connectivity index (χ4v) is 7.67. The number of ether oxygens (including phenoxy) is 1. The van der Waals surface area contributed by atoms with Gasteiger partial charge in [-0.2, -0.15) is 0 Å². The van der Waals surface area contributed by atoms with Crippen molar-refractivity contribution in [1.29, 1.82) is 0 Å². The number of nitrogens with one attached hydrogen (secondary N) is 1. The summed E-state index contributed by atoms with van der Waals surface area (Å²) in [5, 5.41) is 3.21. The lowest BCUT2D eigenvalue weighted by Gasteiger charge is -2.29. The standard InChI is InChI=1S/C18H21BrFNO3.C13H13BrFNO.2ClH/c1-10(22)15-13-8-18(13,12-7-11(19)5-6-14(12)20)9-21(15)16(23)24-17(2,3)4;1-7(17)12-10-5-13(10,6-16-12)9-4-8(14)2-3-11(9)15;;/h5-7,13,15H,8-9H2,1-4H3;2-4,10,12,16H,5-6H2,1H3;2*1H/t13-,15?,18+;10-,12?,13+;;/m00../s1. The number of halogens is 6. The van der Waals surface area contributed by atoms with E-state index in [1.165, 1.54) is 24.0 Å². The molecule has 2 aliphatic heterocycles. The van der Waals surface area contributed by atoms with E-state index in [-0.39, 0.29) is 71.3 Å². The van der Waals surface area contributed by atoms with Crippen molar-refractivity contribution in [2.45, 2.75) is 76.0 Å². The average Bonchev–Trinajstić information content (AvgIpc) is 3.70. The van der Waals surface area contributed by atoms with Gasteiger partial charge in [-0.15, -0.1) is 24.8 Å². The fourth-order valence-electron chi connectivity index (χ4n) is 6.94. The highest BCUT2D eigenvalue weighted by atomic mass is 79.9. The normalized spacial score (nSPS) is 29.6. The monoisotopic (exact) mass is 766 g/mol. The van der Waals surface area contributed by atoms with E-state index < -0.39 is 23.2 Å². The number of Topliss-reactive ketones (excluding diaryl/α,β-unsaturated/α-hetero) is 2. The van der Waals surface area contributed by atoms with Crippen LogP contribution in [0.5, 0.6) is 0 Å². The van der Waals surface area contributed by atoms with E-state index in [0.717, 1.165) is 20.9 Å². The lowest BCUT2D eigenvalue weighted by atomic mass is 9.93. The highest BCUT2D eigenvalue weighted by molar-refractivity contribution is 9.10. The van der Waals surface area contributed by atoms with Crippen molar-refractivity contribution in [1.82, 2.24) is 10.2 Å². The van der Waals surface area contributed by atoms with Crippen LogP contribution >= 0.6 is 56.7 Å². The van der Waals surface area contributed by atoms with E-state index in [4.69, 9.17) is 4.74 Å². The second-order valence-electron chi connectivity index (χ2n) is 12.8. The van der Waals surface area contributed by atoms with Crippen molar-refractivity contribution >= 4 is 74.3 Å². The number of likely N-dealkylation sites (tertiary alicyclic amines) is 1. The van der Waals surface area contributed by atoms with Gasteiger partial charge in [-0.05, 0) is 107 Å². The Morgan fingerprint density at radius 2 is 1.40 bits per heavy atom. The van der Waals surface area contributed by atoms with Crippen molar-refractivity contribution in [3.05, 3.63) is 68.1 Å². The Hall–Kier alpha value is -1.59. The number of nitrogens with zero attached hydrogens (tertiary/aromatic N) is 1. The zero-order chi connectivity index (χ0) is 30.1. The summed E-state index contributed by atoms with van der Waals surface area (Å²) in [6, 6.07) is 9.23. The first kappa shape index (κ1) is 35.9. The summed E-state index contributed by atoms with van der Waals surface area (Å²) in [5.74, 6) is -0.170. The molecule has 2 unspecified atom stereocenters. The maximum absolute atomic E-state index is 14.4. The van der Waals surface area contributed by atoms with Crippen LogP contribution in [0.4, 0.5) is 13.6 Å². The van der Waals surface area contributed by atoms with E-state index in [1.54, 1.807) is 45.9 Å². The van der Waals surface area contributed by atoms with Crippen LogP contribution in [0, 0.1) is 23.5 Å². The summed E-state index contributed by atoms with van der Waals surface area (Å²) < 4.78 is 35.4.